The van der Waals surface area contributed by atoms with E-state index in [1.165, 1.54) is 6.39 Å². The van der Waals surface area contributed by atoms with E-state index in [1.54, 1.807) is 6.92 Å². The molecule has 0 aromatic carbocycles. The van der Waals surface area contributed by atoms with E-state index in [2.05, 4.69) is 25.0 Å². The quantitative estimate of drug-likeness (QED) is 0.826. The third kappa shape index (κ3) is 2.16. The van der Waals surface area contributed by atoms with Gasteiger partial charge >= 0.3 is 5.97 Å². The van der Waals surface area contributed by atoms with Crippen molar-refractivity contribution in [3.05, 3.63) is 22.8 Å². The Hall–Kier alpha value is -1.96. The highest BCUT2D eigenvalue weighted by Crippen LogP contribution is 2.22. The van der Waals surface area contributed by atoms with Crippen molar-refractivity contribution in [2.24, 2.45) is 0 Å². The molecular weight excluding hydrogens is 232 g/mol. The highest BCUT2D eigenvalue weighted by Gasteiger charge is 2.13. The summed E-state index contributed by atoms with van der Waals surface area (Å²) in [7, 11) is 0. The summed E-state index contributed by atoms with van der Waals surface area (Å²) in [6, 6.07) is 0. The summed E-state index contributed by atoms with van der Waals surface area (Å²) in [5.41, 5.74) is 0.494. The summed E-state index contributed by atoms with van der Waals surface area (Å²) < 4.78 is 4.56. The van der Waals surface area contributed by atoms with E-state index in [-0.39, 0.29) is 4.88 Å². The standard InChI is InChI=1S/C8H8N4O3S/c1-4-6(7(13)14)16-8(11-4)9-2-5-10-3-15-12-5/h3H,2H2,1H3,(H,9,11)(H,13,14). The molecule has 7 nitrogen and oxygen atoms in total. The molecule has 16 heavy (non-hydrogen) atoms. The molecule has 0 spiro atoms. The summed E-state index contributed by atoms with van der Waals surface area (Å²) in [5, 5.41) is 15.9. The minimum atomic E-state index is -0.970. The van der Waals surface area contributed by atoms with E-state index in [4.69, 9.17) is 5.11 Å². The second-order valence-electron chi connectivity index (χ2n) is 2.94. The molecule has 0 fully saturated rings. The van der Waals surface area contributed by atoms with Crippen LogP contribution >= 0.6 is 11.3 Å². The van der Waals surface area contributed by atoms with Gasteiger partial charge in [0.25, 0.3) is 0 Å². The van der Waals surface area contributed by atoms with Crippen LogP contribution in [0.15, 0.2) is 10.9 Å². The monoisotopic (exact) mass is 240 g/mol. The molecule has 0 aliphatic heterocycles. The topological polar surface area (TPSA) is 101 Å². The Morgan fingerprint density at radius 3 is 3.06 bits per heavy atom. The molecule has 2 aromatic rings. The Kier molecular flexibility index (Phi) is 2.82. The lowest BCUT2D eigenvalue weighted by Gasteiger charge is -1.95. The van der Waals surface area contributed by atoms with Gasteiger partial charge in [0.15, 0.2) is 11.0 Å². The van der Waals surface area contributed by atoms with Crippen molar-refractivity contribution in [3.8, 4) is 0 Å². The Morgan fingerprint density at radius 2 is 2.50 bits per heavy atom. The van der Waals surface area contributed by atoms with Crippen LogP contribution in [0, 0.1) is 6.92 Å². The van der Waals surface area contributed by atoms with Crippen LogP contribution in [-0.2, 0) is 6.54 Å². The number of carboxylic acids is 1. The first-order valence-corrected chi connectivity index (χ1v) is 5.18. The fraction of sp³-hybridized carbons (Fsp3) is 0.250. The SMILES string of the molecule is Cc1nc(NCc2ncon2)sc1C(=O)O. The average molecular weight is 240 g/mol. The van der Waals surface area contributed by atoms with Gasteiger partial charge < -0.3 is 14.9 Å². The van der Waals surface area contributed by atoms with Crippen molar-refractivity contribution in [2.75, 3.05) is 5.32 Å². The number of aromatic carboxylic acids is 1. The van der Waals surface area contributed by atoms with Gasteiger partial charge in [-0.1, -0.05) is 16.5 Å². The predicted octanol–water partition coefficient (Wildman–Crippen LogP) is 1.14. The highest BCUT2D eigenvalue weighted by molar-refractivity contribution is 7.17. The predicted molar refractivity (Wildman–Crippen MR) is 55.4 cm³/mol. The van der Waals surface area contributed by atoms with Crippen LogP contribution in [0.5, 0.6) is 0 Å². The van der Waals surface area contributed by atoms with Crippen LogP contribution in [0.4, 0.5) is 5.13 Å². The molecule has 2 N–H and O–H groups in total. The number of anilines is 1. The van der Waals surface area contributed by atoms with Crippen LogP contribution in [-0.4, -0.2) is 26.2 Å². The van der Waals surface area contributed by atoms with E-state index >= 15 is 0 Å². The molecule has 0 bridgehead atoms. The number of hydrogen-bond donors (Lipinski definition) is 2. The van der Waals surface area contributed by atoms with E-state index < -0.39 is 5.97 Å². The first kappa shape index (κ1) is 10.6. The lowest BCUT2D eigenvalue weighted by atomic mass is 10.4. The minimum absolute atomic E-state index is 0.232. The third-order valence-corrected chi connectivity index (χ3v) is 2.90. The molecule has 0 radical (unpaired) electrons. The number of thiazole rings is 1. The smallest absolute Gasteiger partial charge is 0.347 e. The van der Waals surface area contributed by atoms with Crippen molar-refractivity contribution in [1.29, 1.82) is 0 Å². The molecular formula is C8H8N4O3S. The van der Waals surface area contributed by atoms with E-state index in [0.717, 1.165) is 11.3 Å². The number of carboxylic acid groups (broad SMARTS) is 1. The number of nitrogens with zero attached hydrogens (tertiary/aromatic N) is 3. The molecule has 0 unspecified atom stereocenters. The molecule has 8 heteroatoms. The molecule has 0 atom stereocenters. The first-order chi connectivity index (χ1) is 7.66. The van der Waals surface area contributed by atoms with Crippen molar-refractivity contribution in [3.63, 3.8) is 0 Å². The zero-order valence-electron chi connectivity index (χ0n) is 8.30. The average Bonchev–Trinajstić information content (AvgIpc) is 2.83. The summed E-state index contributed by atoms with van der Waals surface area (Å²) in [6.07, 6.45) is 1.23. The van der Waals surface area contributed by atoms with Gasteiger partial charge in [-0.05, 0) is 6.92 Å². The summed E-state index contributed by atoms with van der Waals surface area (Å²) in [5.74, 6) is -0.479. The van der Waals surface area contributed by atoms with E-state index in [0.29, 0.717) is 23.2 Å². The molecule has 0 aliphatic carbocycles. The Labute approximate surface area is 94.1 Å². The first-order valence-electron chi connectivity index (χ1n) is 4.36. The molecule has 2 aromatic heterocycles. The number of aromatic nitrogens is 3. The maximum atomic E-state index is 10.8. The highest BCUT2D eigenvalue weighted by atomic mass is 32.1. The zero-order chi connectivity index (χ0) is 11.5. The second-order valence-corrected chi connectivity index (χ2v) is 3.94. The van der Waals surface area contributed by atoms with Gasteiger partial charge in [0.2, 0.25) is 6.39 Å². The zero-order valence-corrected chi connectivity index (χ0v) is 9.11. The van der Waals surface area contributed by atoms with Crippen LogP contribution in [0.1, 0.15) is 21.2 Å². The van der Waals surface area contributed by atoms with Crippen molar-refractivity contribution < 1.29 is 14.4 Å². The fourth-order valence-electron chi connectivity index (χ4n) is 1.10. The Balaban J connectivity index is 2.05. The molecule has 2 rings (SSSR count). The molecule has 0 aliphatic rings. The van der Waals surface area contributed by atoms with Gasteiger partial charge in [0, 0.05) is 0 Å². The van der Waals surface area contributed by atoms with Crippen LogP contribution in [0.3, 0.4) is 0 Å². The molecule has 0 saturated heterocycles. The van der Waals surface area contributed by atoms with E-state index in [1.807, 2.05) is 0 Å². The summed E-state index contributed by atoms with van der Waals surface area (Å²) >= 11 is 1.08. The molecule has 2 heterocycles. The van der Waals surface area contributed by atoms with Gasteiger partial charge in [-0.25, -0.2) is 9.78 Å². The molecule has 0 amide bonds. The Bertz CT molecular complexity index is 493. The van der Waals surface area contributed by atoms with Crippen molar-refractivity contribution >= 4 is 22.4 Å². The summed E-state index contributed by atoms with van der Waals surface area (Å²) in [4.78, 5) is 18.9. The molecule has 84 valence electrons. The number of aryl methyl sites for hydroxylation is 1. The maximum Gasteiger partial charge on any atom is 0.347 e. The molecule has 0 saturated carbocycles. The third-order valence-electron chi connectivity index (χ3n) is 1.80. The van der Waals surface area contributed by atoms with Crippen LogP contribution in [0.25, 0.3) is 0 Å². The van der Waals surface area contributed by atoms with E-state index in [9.17, 15) is 4.79 Å². The Morgan fingerprint density at radius 1 is 1.69 bits per heavy atom. The second kappa shape index (κ2) is 4.27. The lowest BCUT2D eigenvalue weighted by molar-refractivity contribution is 0.0701. The fourth-order valence-corrected chi connectivity index (χ4v) is 1.90. The largest absolute Gasteiger partial charge is 0.477 e. The van der Waals surface area contributed by atoms with Crippen LogP contribution < -0.4 is 5.32 Å². The van der Waals surface area contributed by atoms with Gasteiger partial charge in [-0.2, -0.15) is 4.98 Å². The van der Waals surface area contributed by atoms with Gasteiger partial charge in [0.05, 0.1) is 12.2 Å². The van der Waals surface area contributed by atoms with Gasteiger partial charge in [0.1, 0.15) is 4.88 Å². The van der Waals surface area contributed by atoms with Crippen LogP contribution in [0.2, 0.25) is 0 Å². The summed E-state index contributed by atoms with van der Waals surface area (Å²) in [6.45, 7) is 2.00. The number of carbonyl (C=O) groups is 1. The number of rotatable bonds is 4. The van der Waals surface area contributed by atoms with Gasteiger partial charge in [-0.3, -0.25) is 0 Å². The van der Waals surface area contributed by atoms with Crippen molar-refractivity contribution in [1.82, 2.24) is 15.1 Å². The maximum absolute atomic E-state index is 10.8. The van der Waals surface area contributed by atoms with Gasteiger partial charge in [-0.15, -0.1) is 0 Å². The minimum Gasteiger partial charge on any atom is -0.477 e. The lowest BCUT2D eigenvalue weighted by Crippen LogP contribution is -2.00. The number of nitrogens with one attached hydrogen (secondary N) is 1. The number of hydrogen-bond acceptors (Lipinski definition) is 7. The van der Waals surface area contributed by atoms with Crippen molar-refractivity contribution in [2.45, 2.75) is 13.5 Å². The normalized spacial score (nSPS) is 10.3.